The minimum absolute atomic E-state index is 0.196. The number of ether oxygens (including phenoxy) is 1. The molecular weight excluding hydrogens is 272 g/mol. The predicted molar refractivity (Wildman–Crippen MR) is 95.1 cm³/mol. The SMILES string of the molecule is Cc1ccc(C)c(NCCNc2cccc(OC(C)C)c2)c1. The summed E-state index contributed by atoms with van der Waals surface area (Å²) in [6.45, 7) is 10.0. The highest BCUT2D eigenvalue weighted by molar-refractivity contribution is 5.53. The first-order chi connectivity index (χ1) is 10.5. The molecule has 0 aliphatic heterocycles. The highest BCUT2D eigenvalue weighted by atomic mass is 16.5. The van der Waals surface area contributed by atoms with E-state index in [1.54, 1.807) is 0 Å². The van der Waals surface area contributed by atoms with E-state index in [4.69, 9.17) is 4.74 Å². The molecule has 0 saturated carbocycles. The van der Waals surface area contributed by atoms with Crippen LogP contribution in [0.2, 0.25) is 0 Å². The summed E-state index contributed by atoms with van der Waals surface area (Å²) in [5.41, 5.74) is 4.84. The zero-order chi connectivity index (χ0) is 15.9. The smallest absolute Gasteiger partial charge is 0.121 e. The number of nitrogens with one attached hydrogen (secondary N) is 2. The third-order valence-electron chi connectivity index (χ3n) is 3.37. The van der Waals surface area contributed by atoms with E-state index in [1.165, 1.54) is 16.8 Å². The van der Waals surface area contributed by atoms with Crippen LogP contribution in [-0.2, 0) is 0 Å². The number of aryl methyl sites for hydroxylation is 2. The Morgan fingerprint density at radius 1 is 0.955 bits per heavy atom. The van der Waals surface area contributed by atoms with Crippen LogP contribution in [0.15, 0.2) is 42.5 Å². The van der Waals surface area contributed by atoms with Gasteiger partial charge in [0.05, 0.1) is 6.10 Å². The first kappa shape index (κ1) is 16.2. The van der Waals surface area contributed by atoms with E-state index >= 15 is 0 Å². The summed E-state index contributed by atoms with van der Waals surface area (Å²) in [5, 5.41) is 6.90. The third kappa shape index (κ3) is 4.99. The predicted octanol–water partition coefficient (Wildman–Crippen LogP) is 4.61. The van der Waals surface area contributed by atoms with Gasteiger partial charge in [-0.05, 0) is 57.0 Å². The Hall–Kier alpha value is -2.16. The van der Waals surface area contributed by atoms with Gasteiger partial charge in [-0.25, -0.2) is 0 Å². The maximum absolute atomic E-state index is 5.70. The molecule has 22 heavy (non-hydrogen) atoms. The molecule has 0 fully saturated rings. The van der Waals surface area contributed by atoms with Crippen molar-refractivity contribution in [1.82, 2.24) is 0 Å². The lowest BCUT2D eigenvalue weighted by molar-refractivity contribution is 0.242. The monoisotopic (exact) mass is 298 g/mol. The van der Waals surface area contributed by atoms with Crippen LogP contribution in [0.1, 0.15) is 25.0 Å². The van der Waals surface area contributed by atoms with Gasteiger partial charge in [0.25, 0.3) is 0 Å². The highest BCUT2D eigenvalue weighted by Gasteiger charge is 2.00. The fraction of sp³-hybridized carbons (Fsp3) is 0.368. The molecular formula is C19H26N2O. The second-order valence-electron chi connectivity index (χ2n) is 5.87. The quantitative estimate of drug-likeness (QED) is 0.732. The second kappa shape index (κ2) is 7.74. The van der Waals surface area contributed by atoms with Crippen molar-refractivity contribution in [3.8, 4) is 5.75 Å². The zero-order valence-corrected chi connectivity index (χ0v) is 13.9. The van der Waals surface area contributed by atoms with Crippen LogP contribution in [0.3, 0.4) is 0 Å². The molecule has 2 N–H and O–H groups in total. The highest BCUT2D eigenvalue weighted by Crippen LogP contribution is 2.19. The van der Waals surface area contributed by atoms with Crippen molar-refractivity contribution in [2.24, 2.45) is 0 Å². The Kier molecular flexibility index (Phi) is 5.70. The molecule has 3 heteroatoms. The molecule has 2 aromatic rings. The van der Waals surface area contributed by atoms with Crippen LogP contribution in [0, 0.1) is 13.8 Å². The molecule has 2 rings (SSSR count). The van der Waals surface area contributed by atoms with Crippen molar-refractivity contribution in [3.05, 3.63) is 53.6 Å². The molecule has 0 aliphatic rings. The third-order valence-corrected chi connectivity index (χ3v) is 3.37. The molecule has 0 radical (unpaired) electrons. The van der Waals surface area contributed by atoms with E-state index < -0.39 is 0 Å². The van der Waals surface area contributed by atoms with Gasteiger partial charge in [0.1, 0.15) is 5.75 Å². The molecule has 0 amide bonds. The van der Waals surface area contributed by atoms with Gasteiger partial charge < -0.3 is 15.4 Å². The lowest BCUT2D eigenvalue weighted by Crippen LogP contribution is -2.14. The van der Waals surface area contributed by atoms with Gasteiger partial charge in [-0.3, -0.25) is 0 Å². The fourth-order valence-electron chi connectivity index (χ4n) is 2.28. The lowest BCUT2D eigenvalue weighted by atomic mass is 10.1. The zero-order valence-electron chi connectivity index (χ0n) is 13.9. The Morgan fingerprint density at radius 3 is 2.50 bits per heavy atom. The summed E-state index contributed by atoms with van der Waals surface area (Å²) >= 11 is 0. The summed E-state index contributed by atoms with van der Waals surface area (Å²) in [5.74, 6) is 0.905. The van der Waals surface area contributed by atoms with Crippen molar-refractivity contribution in [2.75, 3.05) is 23.7 Å². The van der Waals surface area contributed by atoms with Gasteiger partial charge in [0.2, 0.25) is 0 Å². The summed E-state index contributed by atoms with van der Waals surface area (Å²) in [7, 11) is 0. The van der Waals surface area contributed by atoms with Gasteiger partial charge >= 0.3 is 0 Å². The van der Waals surface area contributed by atoms with E-state index in [2.05, 4.69) is 48.7 Å². The van der Waals surface area contributed by atoms with E-state index in [0.29, 0.717) is 0 Å². The first-order valence-electron chi connectivity index (χ1n) is 7.86. The molecule has 0 atom stereocenters. The van der Waals surface area contributed by atoms with E-state index in [1.807, 2.05) is 32.0 Å². The molecule has 0 spiro atoms. The van der Waals surface area contributed by atoms with E-state index in [-0.39, 0.29) is 6.10 Å². The van der Waals surface area contributed by atoms with Crippen LogP contribution >= 0.6 is 0 Å². The van der Waals surface area contributed by atoms with Gasteiger partial charge in [-0.2, -0.15) is 0 Å². The molecule has 0 heterocycles. The summed E-state index contributed by atoms with van der Waals surface area (Å²) in [6, 6.07) is 14.6. The Morgan fingerprint density at radius 2 is 1.73 bits per heavy atom. The van der Waals surface area contributed by atoms with Crippen molar-refractivity contribution in [3.63, 3.8) is 0 Å². The molecule has 0 unspecified atom stereocenters. The lowest BCUT2D eigenvalue weighted by Gasteiger charge is -2.13. The second-order valence-corrected chi connectivity index (χ2v) is 5.87. The number of hydrogen-bond acceptors (Lipinski definition) is 3. The van der Waals surface area contributed by atoms with Crippen LogP contribution < -0.4 is 15.4 Å². The standard InChI is InChI=1S/C19H26N2O/c1-14(2)22-18-7-5-6-17(13-18)20-10-11-21-19-12-15(3)8-9-16(19)4/h5-9,12-14,20-21H,10-11H2,1-4H3. The maximum Gasteiger partial charge on any atom is 0.121 e. The first-order valence-corrected chi connectivity index (χ1v) is 7.86. The molecule has 0 aliphatic carbocycles. The number of rotatable bonds is 7. The summed E-state index contributed by atoms with van der Waals surface area (Å²) in [6.07, 6.45) is 0.196. The average molecular weight is 298 g/mol. The van der Waals surface area contributed by atoms with Gasteiger partial charge in [-0.15, -0.1) is 0 Å². The van der Waals surface area contributed by atoms with Gasteiger partial charge in [0.15, 0.2) is 0 Å². The van der Waals surface area contributed by atoms with Crippen molar-refractivity contribution >= 4 is 11.4 Å². The Bertz CT molecular complexity index is 608. The van der Waals surface area contributed by atoms with Crippen molar-refractivity contribution < 1.29 is 4.74 Å². The van der Waals surface area contributed by atoms with E-state index in [0.717, 1.165) is 24.5 Å². The van der Waals surface area contributed by atoms with Crippen LogP contribution in [0.4, 0.5) is 11.4 Å². The molecule has 2 aromatic carbocycles. The van der Waals surface area contributed by atoms with E-state index in [9.17, 15) is 0 Å². The topological polar surface area (TPSA) is 33.3 Å². The van der Waals surface area contributed by atoms with Gasteiger partial charge in [-0.1, -0.05) is 18.2 Å². The largest absolute Gasteiger partial charge is 0.491 e. The minimum atomic E-state index is 0.196. The number of benzene rings is 2. The Labute approximate surface area is 133 Å². The van der Waals surface area contributed by atoms with Gasteiger partial charge in [0, 0.05) is 30.5 Å². The summed E-state index contributed by atoms with van der Waals surface area (Å²) < 4.78 is 5.70. The van der Waals surface area contributed by atoms with Crippen molar-refractivity contribution in [1.29, 1.82) is 0 Å². The average Bonchev–Trinajstić information content (AvgIpc) is 2.47. The van der Waals surface area contributed by atoms with Crippen LogP contribution in [0.5, 0.6) is 5.75 Å². The molecule has 3 nitrogen and oxygen atoms in total. The van der Waals surface area contributed by atoms with Crippen LogP contribution in [-0.4, -0.2) is 19.2 Å². The molecule has 0 saturated heterocycles. The molecule has 0 bridgehead atoms. The number of anilines is 2. The molecule has 118 valence electrons. The molecule has 0 aromatic heterocycles. The normalized spacial score (nSPS) is 10.6. The maximum atomic E-state index is 5.70. The van der Waals surface area contributed by atoms with Crippen LogP contribution in [0.25, 0.3) is 0 Å². The minimum Gasteiger partial charge on any atom is -0.491 e. The van der Waals surface area contributed by atoms with Crippen molar-refractivity contribution in [2.45, 2.75) is 33.8 Å². The Balaban J connectivity index is 1.82. The summed E-state index contributed by atoms with van der Waals surface area (Å²) in [4.78, 5) is 0. The fourth-order valence-corrected chi connectivity index (χ4v) is 2.28. The number of hydrogen-bond donors (Lipinski definition) is 2.